The van der Waals surface area contributed by atoms with E-state index in [1.807, 2.05) is 29.2 Å². The van der Waals surface area contributed by atoms with Crippen molar-refractivity contribution in [3.8, 4) is 0 Å². The highest BCUT2D eigenvalue weighted by molar-refractivity contribution is 5.96. The number of anilines is 3. The Bertz CT molecular complexity index is 996. The third-order valence-electron chi connectivity index (χ3n) is 5.81. The van der Waals surface area contributed by atoms with E-state index in [0.717, 1.165) is 44.7 Å². The molecule has 2 heterocycles. The molecular formula is C23H26N4O5. The third-order valence-corrected chi connectivity index (χ3v) is 5.81. The molecule has 0 saturated carbocycles. The van der Waals surface area contributed by atoms with E-state index in [-0.39, 0.29) is 11.3 Å². The summed E-state index contributed by atoms with van der Waals surface area (Å²) in [5.74, 6) is -1.25. The summed E-state index contributed by atoms with van der Waals surface area (Å²) in [6.45, 7) is 3.11. The van der Waals surface area contributed by atoms with Crippen molar-refractivity contribution in [1.29, 1.82) is 0 Å². The van der Waals surface area contributed by atoms with Gasteiger partial charge in [-0.05, 0) is 62.1 Å². The van der Waals surface area contributed by atoms with Crippen LogP contribution in [0.2, 0.25) is 0 Å². The molecule has 0 unspecified atom stereocenters. The van der Waals surface area contributed by atoms with Crippen molar-refractivity contribution in [1.82, 2.24) is 0 Å². The second-order valence-electron chi connectivity index (χ2n) is 8.02. The molecular weight excluding hydrogens is 412 g/mol. The zero-order chi connectivity index (χ0) is 22.5. The molecule has 0 spiro atoms. The molecule has 9 nitrogen and oxygen atoms in total. The van der Waals surface area contributed by atoms with Crippen molar-refractivity contribution in [2.45, 2.75) is 25.7 Å². The van der Waals surface area contributed by atoms with Crippen LogP contribution in [0.15, 0.2) is 42.5 Å². The van der Waals surface area contributed by atoms with Gasteiger partial charge in [0.2, 0.25) is 0 Å². The fraction of sp³-hybridized carbons (Fsp3) is 0.391. The first-order chi connectivity index (χ1) is 15.5. The fourth-order valence-corrected chi connectivity index (χ4v) is 4.16. The highest BCUT2D eigenvalue weighted by atomic mass is 16.6. The monoisotopic (exact) mass is 438 g/mol. The number of carbonyl (C=O) groups is 2. The predicted molar refractivity (Wildman–Crippen MR) is 121 cm³/mol. The Hall–Kier alpha value is -3.62. The van der Waals surface area contributed by atoms with Gasteiger partial charge in [0, 0.05) is 43.6 Å². The molecule has 2 aromatic carbocycles. The Kier molecular flexibility index (Phi) is 6.53. The quantitative estimate of drug-likeness (QED) is 0.400. The number of benzene rings is 2. The van der Waals surface area contributed by atoms with Crippen LogP contribution in [0.25, 0.3) is 0 Å². The second kappa shape index (κ2) is 9.67. The van der Waals surface area contributed by atoms with Crippen LogP contribution in [0.4, 0.5) is 22.7 Å². The summed E-state index contributed by atoms with van der Waals surface area (Å²) in [5.41, 5.74) is 2.14. The van der Waals surface area contributed by atoms with E-state index in [1.165, 1.54) is 25.0 Å². The summed E-state index contributed by atoms with van der Waals surface area (Å²) in [7, 11) is 0. The number of nitrogens with zero attached hydrogens (tertiary/aromatic N) is 3. The standard InChI is InChI=1S/C23H26N4O5/c28-22(24-18-6-8-19(9-7-18)25-11-1-2-12-25)16-32-23(29)17-5-10-20(21(15-17)27(30)31)26-13-3-4-14-26/h5-10,15H,1-4,11-14,16H2,(H,24,28). The van der Waals surface area contributed by atoms with Crippen LogP contribution < -0.4 is 15.1 Å². The molecule has 2 aliphatic rings. The van der Waals surface area contributed by atoms with Gasteiger partial charge in [-0.1, -0.05) is 0 Å². The smallest absolute Gasteiger partial charge is 0.338 e. The van der Waals surface area contributed by atoms with E-state index < -0.39 is 23.4 Å². The van der Waals surface area contributed by atoms with E-state index in [0.29, 0.717) is 11.4 Å². The Balaban J connectivity index is 1.33. The van der Waals surface area contributed by atoms with Gasteiger partial charge in [0.25, 0.3) is 11.6 Å². The number of nitro benzene ring substituents is 1. The molecule has 0 radical (unpaired) electrons. The van der Waals surface area contributed by atoms with Gasteiger partial charge >= 0.3 is 5.97 Å². The fourth-order valence-electron chi connectivity index (χ4n) is 4.16. The van der Waals surface area contributed by atoms with Gasteiger partial charge < -0.3 is 19.9 Å². The number of rotatable bonds is 7. The van der Waals surface area contributed by atoms with Crippen LogP contribution in [0.5, 0.6) is 0 Å². The maximum Gasteiger partial charge on any atom is 0.338 e. The average Bonchev–Trinajstić information content (AvgIpc) is 3.52. The number of esters is 1. The largest absolute Gasteiger partial charge is 0.452 e. The molecule has 0 bridgehead atoms. The number of hydrogen-bond acceptors (Lipinski definition) is 7. The van der Waals surface area contributed by atoms with Gasteiger partial charge in [-0.15, -0.1) is 0 Å². The molecule has 1 N–H and O–H groups in total. The SMILES string of the molecule is O=C(COC(=O)c1ccc(N2CCCC2)c([N+](=O)[O-])c1)Nc1ccc(N2CCCC2)cc1. The molecule has 0 atom stereocenters. The van der Waals surface area contributed by atoms with Crippen molar-refractivity contribution >= 4 is 34.6 Å². The normalized spacial score (nSPS) is 15.6. The molecule has 4 rings (SSSR count). The number of carbonyl (C=O) groups excluding carboxylic acids is 2. The lowest BCUT2D eigenvalue weighted by Crippen LogP contribution is -2.22. The zero-order valence-electron chi connectivity index (χ0n) is 17.8. The maximum absolute atomic E-state index is 12.4. The lowest BCUT2D eigenvalue weighted by molar-refractivity contribution is -0.384. The molecule has 2 aromatic rings. The molecule has 0 aromatic heterocycles. The van der Waals surface area contributed by atoms with Crippen LogP contribution in [0.1, 0.15) is 36.0 Å². The second-order valence-corrected chi connectivity index (χ2v) is 8.02. The molecule has 2 saturated heterocycles. The number of nitrogens with one attached hydrogen (secondary N) is 1. The zero-order valence-corrected chi connectivity index (χ0v) is 17.8. The van der Waals surface area contributed by atoms with Crippen LogP contribution in [-0.4, -0.2) is 49.6 Å². The molecule has 2 fully saturated rings. The highest BCUT2D eigenvalue weighted by Crippen LogP contribution is 2.32. The lowest BCUT2D eigenvalue weighted by Gasteiger charge is -2.18. The Morgan fingerprint density at radius 3 is 2.19 bits per heavy atom. The van der Waals surface area contributed by atoms with Gasteiger partial charge in [-0.3, -0.25) is 14.9 Å². The van der Waals surface area contributed by atoms with Gasteiger partial charge in [-0.25, -0.2) is 4.79 Å². The van der Waals surface area contributed by atoms with Crippen molar-refractivity contribution < 1.29 is 19.2 Å². The Labute approximate surface area is 186 Å². The van der Waals surface area contributed by atoms with Crippen molar-refractivity contribution in [3.05, 3.63) is 58.1 Å². The highest BCUT2D eigenvalue weighted by Gasteiger charge is 2.24. The summed E-state index contributed by atoms with van der Waals surface area (Å²) >= 11 is 0. The van der Waals surface area contributed by atoms with E-state index in [9.17, 15) is 19.7 Å². The van der Waals surface area contributed by atoms with Gasteiger partial charge in [0.1, 0.15) is 5.69 Å². The number of ether oxygens (including phenoxy) is 1. The van der Waals surface area contributed by atoms with E-state index in [2.05, 4.69) is 10.2 Å². The number of nitro groups is 1. The first-order valence-electron chi connectivity index (χ1n) is 10.9. The minimum absolute atomic E-state index is 0.0439. The summed E-state index contributed by atoms with van der Waals surface area (Å²) in [6, 6.07) is 11.8. The van der Waals surface area contributed by atoms with E-state index in [1.54, 1.807) is 6.07 Å². The van der Waals surface area contributed by atoms with Crippen LogP contribution >= 0.6 is 0 Å². The molecule has 1 amide bonds. The van der Waals surface area contributed by atoms with E-state index in [4.69, 9.17) is 4.74 Å². The topological polar surface area (TPSA) is 105 Å². The number of amides is 1. The summed E-state index contributed by atoms with van der Waals surface area (Å²) in [4.78, 5) is 39.8. The Morgan fingerprint density at radius 2 is 1.56 bits per heavy atom. The van der Waals surface area contributed by atoms with E-state index >= 15 is 0 Å². The molecule has 9 heteroatoms. The summed E-state index contributed by atoms with van der Waals surface area (Å²) < 4.78 is 5.07. The average molecular weight is 438 g/mol. The molecule has 32 heavy (non-hydrogen) atoms. The summed E-state index contributed by atoms with van der Waals surface area (Å²) in [5, 5.41) is 14.2. The molecule has 2 aliphatic heterocycles. The summed E-state index contributed by atoms with van der Waals surface area (Å²) in [6.07, 6.45) is 4.34. The third kappa shape index (κ3) is 4.99. The predicted octanol–water partition coefficient (Wildman–Crippen LogP) is 3.59. The van der Waals surface area contributed by atoms with Crippen LogP contribution in [-0.2, 0) is 9.53 Å². The minimum atomic E-state index is -0.777. The molecule has 0 aliphatic carbocycles. The van der Waals surface area contributed by atoms with Gasteiger partial charge in [0.15, 0.2) is 6.61 Å². The first-order valence-corrected chi connectivity index (χ1v) is 10.9. The minimum Gasteiger partial charge on any atom is -0.452 e. The Morgan fingerprint density at radius 1 is 0.938 bits per heavy atom. The van der Waals surface area contributed by atoms with Crippen LogP contribution in [0.3, 0.4) is 0 Å². The van der Waals surface area contributed by atoms with Crippen LogP contribution in [0, 0.1) is 10.1 Å². The lowest BCUT2D eigenvalue weighted by atomic mass is 10.1. The maximum atomic E-state index is 12.4. The first kappa shape index (κ1) is 21.6. The van der Waals surface area contributed by atoms with Crippen molar-refractivity contribution in [3.63, 3.8) is 0 Å². The van der Waals surface area contributed by atoms with Gasteiger partial charge in [-0.2, -0.15) is 0 Å². The number of hydrogen-bond donors (Lipinski definition) is 1. The molecule has 168 valence electrons. The van der Waals surface area contributed by atoms with Crippen molar-refractivity contribution in [2.75, 3.05) is 47.9 Å². The van der Waals surface area contributed by atoms with Gasteiger partial charge in [0.05, 0.1) is 10.5 Å². The van der Waals surface area contributed by atoms with Crippen molar-refractivity contribution in [2.24, 2.45) is 0 Å².